The van der Waals surface area contributed by atoms with Crippen LogP contribution in [0.3, 0.4) is 0 Å². The summed E-state index contributed by atoms with van der Waals surface area (Å²) < 4.78 is 0. The highest BCUT2D eigenvalue weighted by molar-refractivity contribution is 5.61. The molecule has 0 aliphatic heterocycles. The molecule has 0 unspecified atom stereocenters. The van der Waals surface area contributed by atoms with Crippen molar-refractivity contribution in [2.75, 3.05) is 6.54 Å². The number of aryl methyl sites for hydroxylation is 1. The summed E-state index contributed by atoms with van der Waals surface area (Å²) in [4.78, 5) is 0. The molecule has 0 atom stereocenters. The highest BCUT2D eigenvalue weighted by Gasteiger charge is 1.89. The highest BCUT2D eigenvalue weighted by atomic mass is 15.3. The molecule has 17 heavy (non-hydrogen) atoms. The highest BCUT2D eigenvalue weighted by Crippen LogP contribution is 2.03. The van der Waals surface area contributed by atoms with E-state index in [0.29, 0.717) is 13.0 Å². The van der Waals surface area contributed by atoms with Gasteiger partial charge in [-0.15, -0.1) is 6.42 Å². The van der Waals surface area contributed by atoms with Crippen molar-refractivity contribution in [1.29, 1.82) is 0 Å². The maximum atomic E-state index is 5.07. The Hall–Kier alpha value is -2.19. The molecule has 1 rings (SSSR count). The minimum atomic E-state index is 0.495. The van der Waals surface area contributed by atoms with Crippen molar-refractivity contribution in [3.63, 3.8) is 0 Å². The van der Waals surface area contributed by atoms with Crippen LogP contribution in [0.1, 0.15) is 17.5 Å². The standard InChI is InChI=1S/C15H16N2/c1-3-4-5-6-11-16-17-12-10-15-9-7-8-14(2)13-15/h1,7-9,12-13,16H,4,10-11H2,2H3/b17-12+. The second-order valence-electron chi connectivity index (χ2n) is 3.57. The first kappa shape index (κ1) is 12.9. The van der Waals surface area contributed by atoms with Gasteiger partial charge in [-0.1, -0.05) is 47.6 Å². The van der Waals surface area contributed by atoms with E-state index in [0.717, 1.165) is 6.42 Å². The first-order chi connectivity index (χ1) is 8.33. The van der Waals surface area contributed by atoms with E-state index in [4.69, 9.17) is 6.42 Å². The maximum absolute atomic E-state index is 5.07. The number of nitrogens with one attached hydrogen (secondary N) is 1. The lowest BCUT2D eigenvalue weighted by atomic mass is 10.1. The van der Waals surface area contributed by atoms with Gasteiger partial charge >= 0.3 is 0 Å². The number of rotatable bonds is 4. The average Bonchev–Trinajstić information content (AvgIpc) is 2.33. The van der Waals surface area contributed by atoms with E-state index < -0.39 is 0 Å². The molecule has 1 aromatic rings. The minimum Gasteiger partial charge on any atom is -0.298 e. The molecule has 0 fully saturated rings. The molecule has 0 aliphatic carbocycles. The summed E-state index contributed by atoms with van der Waals surface area (Å²) in [7, 11) is 0. The number of benzene rings is 1. The average molecular weight is 224 g/mol. The van der Waals surface area contributed by atoms with Crippen molar-refractivity contribution in [3.8, 4) is 24.2 Å². The largest absolute Gasteiger partial charge is 0.298 e. The first-order valence-corrected chi connectivity index (χ1v) is 5.52. The molecule has 0 saturated carbocycles. The van der Waals surface area contributed by atoms with Gasteiger partial charge in [0.2, 0.25) is 0 Å². The fourth-order valence-corrected chi connectivity index (χ4v) is 1.32. The lowest BCUT2D eigenvalue weighted by Crippen LogP contribution is -2.05. The number of nitrogens with zero attached hydrogens (tertiary/aromatic N) is 1. The summed E-state index contributed by atoms with van der Waals surface area (Å²) >= 11 is 0. The molecular weight excluding hydrogens is 208 g/mol. The molecule has 0 aliphatic rings. The van der Waals surface area contributed by atoms with E-state index in [-0.39, 0.29) is 0 Å². The Bertz CT molecular complexity index is 470. The van der Waals surface area contributed by atoms with Crippen LogP contribution in [-0.2, 0) is 6.42 Å². The van der Waals surface area contributed by atoms with E-state index in [9.17, 15) is 0 Å². The van der Waals surface area contributed by atoms with Crippen LogP contribution >= 0.6 is 0 Å². The van der Waals surface area contributed by atoms with Crippen molar-refractivity contribution < 1.29 is 0 Å². The smallest absolute Gasteiger partial charge is 0.0938 e. The van der Waals surface area contributed by atoms with Gasteiger partial charge in [-0.3, -0.25) is 5.43 Å². The van der Waals surface area contributed by atoms with Crippen LogP contribution in [0, 0.1) is 31.1 Å². The number of terminal acetylenes is 1. The van der Waals surface area contributed by atoms with Gasteiger partial charge in [-0.05, 0) is 12.5 Å². The molecule has 1 N–H and O–H groups in total. The third-order valence-corrected chi connectivity index (χ3v) is 2.07. The fourth-order valence-electron chi connectivity index (χ4n) is 1.32. The predicted molar refractivity (Wildman–Crippen MR) is 72.6 cm³/mol. The second kappa shape index (κ2) is 8.02. The zero-order chi connectivity index (χ0) is 12.3. The van der Waals surface area contributed by atoms with E-state index in [1.165, 1.54) is 11.1 Å². The Balaban J connectivity index is 2.23. The quantitative estimate of drug-likeness (QED) is 0.360. The lowest BCUT2D eigenvalue weighted by Gasteiger charge is -1.97. The van der Waals surface area contributed by atoms with E-state index in [1.807, 2.05) is 6.21 Å². The molecule has 0 saturated heterocycles. The molecule has 0 heterocycles. The normalized spacial score (nSPS) is 9.41. The van der Waals surface area contributed by atoms with Gasteiger partial charge in [0.05, 0.1) is 13.0 Å². The Morgan fingerprint density at radius 1 is 1.41 bits per heavy atom. The van der Waals surface area contributed by atoms with Crippen LogP contribution in [0.4, 0.5) is 0 Å². The molecule has 0 bridgehead atoms. The summed E-state index contributed by atoms with van der Waals surface area (Å²) in [5, 5.41) is 4.06. The lowest BCUT2D eigenvalue weighted by molar-refractivity contribution is 0.840. The summed E-state index contributed by atoms with van der Waals surface area (Å²) in [6.45, 7) is 2.62. The maximum Gasteiger partial charge on any atom is 0.0938 e. The van der Waals surface area contributed by atoms with Crippen LogP contribution in [0.5, 0.6) is 0 Å². The van der Waals surface area contributed by atoms with Gasteiger partial charge in [0, 0.05) is 12.6 Å². The van der Waals surface area contributed by atoms with E-state index in [1.54, 1.807) is 0 Å². The van der Waals surface area contributed by atoms with Crippen molar-refractivity contribution in [2.24, 2.45) is 5.10 Å². The van der Waals surface area contributed by atoms with Crippen LogP contribution in [0.2, 0.25) is 0 Å². The minimum absolute atomic E-state index is 0.495. The van der Waals surface area contributed by atoms with Crippen molar-refractivity contribution in [3.05, 3.63) is 35.4 Å². The topological polar surface area (TPSA) is 24.4 Å². The number of hydrazone groups is 1. The van der Waals surface area contributed by atoms with Crippen LogP contribution in [-0.4, -0.2) is 12.8 Å². The Labute approximate surface area is 103 Å². The van der Waals surface area contributed by atoms with Crippen LogP contribution in [0.25, 0.3) is 0 Å². The second-order valence-corrected chi connectivity index (χ2v) is 3.57. The molecule has 0 amide bonds. The molecular formula is C15H16N2. The molecule has 2 heteroatoms. The summed E-state index contributed by atoms with van der Waals surface area (Å²) in [5.41, 5.74) is 5.38. The molecule has 0 aromatic heterocycles. The van der Waals surface area contributed by atoms with Gasteiger partial charge in [0.15, 0.2) is 0 Å². The van der Waals surface area contributed by atoms with Crippen LogP contribution < -0.4 is 5.43 Å². The zero-order valence-corrected chi connectivity index (χ0v) is 10.0. The molecule has 2 nitrogen and oxygen atoms in total. The van der Waals surface area contributed by atoms with Crippen molar-refractivity contribution >= 4 is 6.21 Å². The van der Waals surface area contributed by atoms with E-state index >= 15 is 0 Å². The van der Waals surface area contributed by atoms with Gasteiger partial charge in [-0.2, -0.15) is 5.10 Å². The van der Waals surface area contributed by atoms with E-state index in [2.05, 4.69) is 59.5 Å². The molecule has 1 aromatic carbocycles. The van der Waals surface area contributed by atoms with Gasteiger partial charge in [-0.25, -0.2) is 0 Å². The summed E-state index contributed by atoms with van der Waals surface area (Å²) in [6.07, 6.45) is 8.23. The summed E-state index contributed by atoms with van der Waals surface area (Å²) in [5.74, 6) is 8.16. The predicted octanol–water partition coefficient (Wildman–Crippen LogP) is 2.14. The first-order valence-electron chi connectivity index (χ1n) is 5.52. The van der Waals surface area contributed by atoms with Gasteiger partial charge in [0.1, 0.15) is 0 Å². The Kier molecular flexibility index (Phi) is 6.07. The van der Waals surface area contributed by atoms with Crippen molar-refractivity contribution in [2.45, 2.75) is 19.8 Å². The van der Waals surface area contributed by atoms with Crippen LogP contribution in [0.15, 0.2) is 29.4 Å². The Morgan fingerprint density at radius 2 is 2.29 bits per heavy atom. The number of hydrogen-bond acceptors (Lipinski definition) is 2. The molecule has 86 valence electrons. The van der Waals surface area contributed by atoms with Gasteiger partial charge < -0.3 is 0 Å². The molecule has 0 spiro atoms. The van der Waals surface area contributed by atoms with Gasteiger partial charge in [0.25, 0.3) is 0 Å². The zero-order valence-electron chi connectivity index (χ0n) is 10.0. The SMILES string of the molecule is C#CCC#CCN/N=C/Cc1cccc(C)c1. The molecule has 0 radical (unpaired) electrons. The van der Waals surface area contributed by atoms with Crippen molar-refractivity contribution in [1.82, 2.24) is 5.43 Å². The summed E-state index contributed by atoms with van der Waals surface area (Å²) in [6, 6.07) is 8.38. The monoisotopic (exact) mass is 224 g/mol. The number of hydrogen-bond donors (Lipinski definition) is 1. The Morgan fingerprint density at radius 3 is 3.06 bits per heavy atom. The fraction of sp³-hybridized carbons (Fsp3) is 0.267. The third kappa shape index (κ3) is 6.07. The third-order valence-electron chi connectivity index (χ3n) is 2.07.